The van der Waals surface area contributed by atoms with Crippen molar-refractivity contribution in [1.29, 1.82) is 0 Å². The highest BCUT2D eigenvalue weighted by Gasteiger charge is 2.10. The second-order valence-corrected chi connectivity index (χ2v) is 8.52. The molecule has 0 heterocycles. The van der Waals surface area contributed by atoms with Crippen LogP contribution in [0.4, 0.5) is 0 Å². The molecule has 0 spiro atoms. The molecule has 0 saturated heterocycles. The summed E-state index contributed by atoms with van der Waals surface area (Å²) in [6, 6.07) is 0. The maximum absolute atomic E-state index is 11.7. The molecule has 0 unspecified atom stereocenters. The Labute approximate surface area is 135 Å². The first kappa shape index (κ1) is 20.9. The summed E-state index contributed by atoms with van der Waals surface area (Å²) >= 11 is 5.19. The first-order valence-corrected chi connectivity index (χ1v) is 10.6. The fourth-order valence-electron chi connectivity index (χ4n) is 2.34. The predicted molar refractivity (Wildman–Crippen MR) is 90.6 cm³/mol. The number of hydrogen-bond donors (Lipinski definition) is 0. The number of unbranched alkanes of at least 4 members (excludes halogenated alkanes) is 9. The molecule has 0 fully saturated rings. The van der Waals surface area contributed by atoms with Gasteiger partial charge in [0, 0.05) is 6.42 Å². The number of carbonyl (C=O) groups excluding carboxylic acids is 1. The van der Waals surface area contributed by atoms with E-state index in [4.69, 9.17) is 11.6 Å². The minimum atomic E-state index is -3.00. The van der Waals surface area contributed by atoms with Gasteiger partial charge in [0.1, 0.15) is 9.84 Å². The smallest absolute Gasteiger partial charge is 0.221 e. The standard InChI is InChI=1S/C16H31ClO3S/c1-2-3-4-5-6-7-8-9-10-11-14-21(19,20)15-12-13-16(17)18/h2-15H2,1H3. The van der Waals surface area contributed by atoms with Crippen molar-refractivity contribution in [1.82, 2.24) is 0 Å². The van der Waals surface area contributed by atoms with Gasteiger partial charge in [-0.15, -0.1) is 0 Å². The Morgan fingerprint density at radius 3 is 1.67 bits per heavy atom. The van der Waals surface area contributed by atoms with Crippen molar-refractivity contribution in [2.75, 3.05) is 11.5 Å². The van der Waals surface area contributed by atoms with Gasteiger partial charge in [0.2, 0.25) is 5.24 Å². The summed E-state index contributed by atoms with van der Waals surface area (Å²) in [7, 11) is -3.00. The highest BCUT2D eigenvalue weighted by Crippen LogP contribution is 2.11. The summed E-state index contributed by atoms with van der Waals surface area (Å²) in [5, 5.41) is -0.455. The third kappa shape index (κ3) is 16.1. The largest absolute Gasteiger partial charge is 0.281 e. The summed E-state index contributed by atoms with van der Waals surface area (Å²) < 4.78 is 23.4. The Morgan fingerprint density at radius 1 is 0.762 bits per heavy atom. The molecular formula is C16H31ClO3S. The van der Waals surface area contributed by atoms with Crippen molar-refractivity contribution in [3.63, 3.8) is 0 Å². The van der Waals surface area contributed by atoms with Gasteiger partial charge in [-0.3, -0.25) is 4.79 Å². The third-order valence-electron chi connectivity index (χ3n) is 3.64. The van der Waals surface area contributed by atoms with Crippen LogP contribution in [0.25, 0.3) is 0 Å². The predicted octanol–water partition coefficient (Wildman–Crippen LogP) is 4.87. The van der Waals surface area contributed by atoms with Gasteiger partial charge in [-0.1, -0.05) is 64.7 Å². The maximum Gasteiger partial charge on any atom is 0.221 e. The molecule has 0 radical (unpaired) electrons. The summed E-state index contributed by atoms with van der Waals surface area (Å²) in [5.41, 5.74) is 0. The van der Waals surface area contributed by atoms with Crippen LogP contribution in [0.2, 0.25) is 0 Å². The van der Waals surface area contributed by atoms with Gasteiger partial charge in [-0.05, 0) is 24.4 Å². The van der Waals surface area contributed by atoms with Crippen LogP contribution >= 0.6 is 11.6 Å². The molecule has 126 valence electrons. The van der Waals surface area contributed by atoms with E-state index in [0.29, 0.717) is 6.42 Å². The average Bonchev–Trinajstić information content (AvgIpc) is 2.40. The van der Waals surface area contributed by atoms with Gasteiger partial charge >= 0.3 is 0 Å². The minimum Gasteiger partial charge on any atom is -0.281 e. The molecule has 0 aromatic carbocycles. The lowest BCUT2D eigenvalue weighted by Crippen LogP contribution is -2.11. The molecule has 5 heteroatoms. The fraction of sp³-hybridized carbons (Fsp3) is 0.938. The van der Waals surface area contributed by atoms with Crippen LogP contribution in [0.3, 0.4) is 0 Å². The van der Waals surface area contributed by atoms with Gasteiger partial charge in [0.05, 0.1) is 11.5 Å². The van der Waals surface area contributed by atoms with E-state index in [0.717, 1.165) is 19.3 Å². The van der Waals surface area contributed by atoms with Crippen LogP contribution in [0.15, 0.2) is 0 Å². The van der Waals surface area contributed by atoms with Crippen LogP contribution in [-0.4, -0.2) is 25.2 Å². The molecule has 0 aromatic heterocycles. The van der Waals surface area contributed by atoms with E-state index < -0.39 is 15.1 Å². The highest BCUT2D eigenvalue weighted by atomic mass is 35.5. The van der Waals surface area contributed by atoms with Crippen LogP contribution in [0.5, 0.6) is 0 Å². The number of hydrogen-bond acceptors (Lipinski definition) is 3. The molecule has 0 aromatic rings. The summed E-state index contributed by atoms with van der Waals surface area (Å²) in [6.07, 6.45) is 12.5. The summed E-state index contributed by atoms with van der Waals surface area (Å²) in [4.78, 5) is 10.5. The van der Waals surface area contributed by atoms with Gasteiger partial charge in [0.25, 0.3) is 0 Å². The fourth-order valence-corrected chi connectivity index (χ4v) is 3.91. The zero-order valence-corrected chi connectivity index (χ0v) is 15.0. The van der Waals surface area contributed by atoms with Crippen molar-refractivity contribution in [2.45, 2.75) is 84.0 Å². The van der Waals surface area contributed by atoms with E-state index in [1.807, 2.05) is 0 Å². The lowest BCUT2D eigenvalue weighted by Gasteiger charge is -2.04. The molecule has 0 saturated carbocycles. The molecule has 21 heavy (non-hydrogen) atoms. The Hall–Kier alpha value is -0.0900. The normalized spacial score (nSPS) is 11.7. The SMILES string of the molecule is CCCCCCCCCCCCS(=O)(=O)CCCC(=O)Cl. The minimum absolute atomic E-state index is 0.0862. The van der Waals surface area contributed by atoms with Gasteiger partial charge < -0.3 is 0 Å². The van der Waals surface area contributed by atoms with Gasteiger partial charge in [-0.2, -0.15) is 0 Å². The molecule has 0 rings (SSSR count). The van der Waals surface area contributed by atoms with Crippen LogP contribution in [0.1, 0.15) is 84.0 Å². The van der Waals surface area contributed by atoms with Crippen LogP contribution < -0.4 is 0 Å². The Kier molecular flexibility index (Phi) is 13.5. The highest BCUT2D eigenvalue weighted by molar-refractivity contribution is 7.91. The van der Waals surface area contributed by atoms with Crippen molar-refractivity contribution in [3.05, 3.63) is 0 Å². The molecule has 0 aliphatic carbocycles. The Balaban J connectivity index is 3.38. The van der Waals surface area contributed by atoms with Gasteiger partial charge in [0.15, 0.2) is 0 Å². The first-order valence-electron chi connectivity index (χ1n) is 8.36. The van der Waals surface area contributed by atoms with E-state index in [2.05, 4.69) is 6.92 Å². The average molecular weight is 339 g/mol. The van der Waals surface area contributed by atoms with Crippen molar-refractivity contribution in [3.8, 4) is 0 Å². The topological polar surface area (TPSA) is 51.2 Å². The number of halogens is 1. The zero-order valence-electron chi connectivity index (χ0n) is 13.4. The second-order valence-electron chi connectivity index (χ2n) is 5.79. The summed E-state index contributed by atoms with van der Waals surface area (Å²) in [5.74, 6) is 0.336. The molecule has 0 atom stereocenters. The van der Waals surface area contributed by atoms with Crippen molar-refractivity contribution in [2.24, 2.45) is 0 Å². The van der Waals surface area contributed by atoms with E-state index in [1.54, 1.807) is 0 Å². The molecule has 3 nitrogen and oxygen atoms in total. The van der Waals surface area contributed by atoms with Crippen molar-refractivity contribution >= 4 is 26.7 Å². The molecule has 0 aliphatic heterocycles. The second kappa shape index (κ2) is 13.6. The van der Waals surface area contributed by atoms with Crippen LogP contribution in [-0.2, 0) is 14.6 Å². The van der Waals surface area contributed by atoms with Crippen molar-refractivity contribution < 1.29 is 13.2 Å². The molecule has 0 N–H and O–H groups in total. The quantitative estimate of drug-likeness (QED) is 0.316. The number of rotatable bonds is 15. The molecular weight excluding hydrogens is 308 g/mol. The number of sulfone groups is 1. The Morgan fingerprint density at radius 2 is 1.19 bits per heavy atom. The Bertz CT molecular complexity index is 353. The lowest BCUT2D eigenvalue weighted by molar-refractivity contribution is -0.111. The van der Waals surface area contributed by atoms with E-state index in [1.165, 1.54) is 44.9 Å². The van der Waals surface area contributed by atoms with E-state index in [-0.39, 0.29) is 17.9 Å². The maximum atomic E-state index is 11.7. The number of carbonyl (C=O) groups is 1. The first-order chi connectivity index (χ1) is 9.98. The van der Waals surface area contributed by atoms with E-state index >= 15 is 0 Å². The lowest BCUT2D eigenvalue weighted by atomic mass is 10.1. The molecule has 0 bridgehead atoms. The third-order valence-corrected chi connectivity index (χ3v) is 5.65. The van der Waals surface area contributed by atoms with Gasteiger partial charge in [-0.25, -0.2) is 8.42 Å². The van der Waals surface area contributed by atoms with E-state index in [9.17, 15) is 13.2 Å². The monoisotopic (exact) mass is 338 g/mol. The summed E-state index contributed by atoms with van der Waals surface area (Å²) in [6.45, 7) is 2.22. The molecule has 0 amide bonds. The zero-order chi connectivity index (χ0) is 16.0. The van der Waals surface area contributed by atoms with Crippen LogP contribution in [0, 0.1) is 0 Å². The molecule has 0 aliphatic rings.